The van der Waals surface area contributed by atoms with Crippen LogP contribution in [0.3, 0.4) is 0 Å². The van der Waals surface area contributed by atoms with Gasteiger partial charge in [0, 0.05) is 25.7 Å². The van der Waals surface area contributed by atoms with Gasteiger partial charge in [-0.05, 0) is 62.4 Å². The highest BCUT2D eigenvalue weighted by molar-refractivity contribution is 7.52. The van der Waals surface area contributed by atoms with E-state index >= 15 is 4.39 Å². The van der Waals surface area contributed by atoms with Gasteiger partial charge in [-0.2, -0.15) is 20.4 Å². The van der Waals surface area contributed by atoms with E-state index in [1.165, 1.54) is 59.8 Å². The lowest BCUT2D eigenvalue weighted by Gasteiger charge is -2.34. The molecular weight excluding hydrogens is 1280 g/mol. The Morgan fingerprint density at radius 1 is 0.596 bits per heavy atom. The zero-order chi connectivity index (χ0) is 67.5. The molecule has 12 atom stereocenters. The van der Waals surface area contributed by atoms with Crippen molar-refractivity contribution in [1.82, 2.24) is 39.4 Å². The number of aliphatic hydroxyl groups is 2. The number of halogens is 2. The summed E-state index contributed by atoms with van der Waals surface area (Å²) in [6.07, 6.45) is -5.36. The molecule has 94 heavy (non-hydrogen) atoms. The third-order valence-corrected chi connectivity index (χ3v) is 19.0. The van der Waals surface area contributed by atoms with Crippen LogP contribution in [0.15, 0.2) is 97.6 Å². The summed E-state index contributed by atoms with van der Waals surface area (Å²) in [6, 6.07) is 19.9. The molecule has 4 fully saturated rings. The Bertz CT molecular complexity index is 3650. The number of rotatable bonds is 26. The molecule has 2 aromatic carbocycles. The van der Waals surface area contributed by atoms with Crippen LogP contribution < -0.4 is 30.7 Å². The van der Waals surface area contributed by atoms with Crippen molar-refractivity contribution in [3.05, 3.63) is 109 Å². The van der Waals surface area contributed by atoms with E-state index in [0.29, 0.717) is 63.1 Å². The number of para-hydroxylation sites is 2. The van der Waals surface area contributed by atoms with Crippen molar-refractivity contribution in [3.8, 4) is 11.5 Å². The van der Waals surface area contributed by atoms with Crippen LogP contribution >= 0.6 is 15.5 Å². The average Bonchev–Trinajstić information content (AvgIpc) is 1.59. The highest BCUT2D eigenvalue weighted by atomic mass is 31.2. The first kappa shape index (κ1) is 71.0. The number of nitrogens with two attached hydrogens (primary N) is 2. The van der Waals surface area contributed by atoms with Crippen LogP contribution in [-0.4, -0.2) is 176 Å². The van der Waals surface area contributed by atoms with E-state index in [0.717, 1.165) is 0 Å². The second-order valence-corrected chi connectivity index (χ2v) is 26.8. The van der Waals surface area contributed by atoms with Crippen molar-refractivity contribution in [2.75, 3.05) is 64.5 Å². The molecule has 4 saturated heterocycles. The maximum Gasteiger partial charge on any atom is 0.459 e. The number of aliphatic hydroxyl groups excluding tert-OH is 2. The first-order chi connectivity index (χ1) is 44.9. The van der Waals surface area contributed by atoms with Crippen LogP contribution in [0, 0.1) is 11.8 Å². The lowest BCUT2D eigenvalue weighted by atomic mass is 9.95. The number of aromatic nitrogens is 6. The Kier molecular flexibility index (Phi) is 23.4. The van der Waals surface area contributed by atoms with Crippen LogP contribution in [-0.2, 0) is 75.3 Å². The van der Waals surface area contributed by atoms with Crippen molar-refractivity contribution < 1.29 is 103 Å². The SMILES string of the molecule is CC(C)C(=O)O[C@H]1[C@H](c2ccc3c(N)ncnn23)O[C@](CF)(COP(=O)(N[C@@H](C)C(=O)OC2CCOCC2)Oc2ccccc2)[C@H]1OC(=O)C(C)C.C[C@H](NP(=O)(OC[C@@]1(CF)O[C@@H](c2ccc3c(N)ncnn23)[C@H](O)[C@@H]1O)Oc1ccccc1)C(=O)OC1CCOCC1. The number of anilines is 2. The Morgan fingerprint density at radius 3 is 1.45 bits per heavy atom. The molecule has 6 aromatic rings. The van der Waals surface area contributed by atoms with Gasteiger partial charge in [0.15, 0.2) is 29.4 Å². The normalized spacial score (nSPS) is 25.4. The van der Waals surface area contributed by atoms with Crippen LogP contribution in [0.25, 0.3) is 11.0 Å². The van der Waals surface area contributed by atoms with E-state index in [1.807, 2.05) is 0 Å². The van der Waals surface area contributed by atoms with Gasteiger partial charge in [0.2, 0.25) is 0 Å². The number of hydrogen-bond acceptors (Lipinski definition) is 26. The maximum absolute atomic E-state index is 15.7. The summed E-state index contributed by atoms with van der Waals surface area (Å²) in [7, 11) is -9.04. The number of carbonyl (C=O) groups excluding carboxylic acids is 4. The molecule has 0 amide bonds. The number of nitrogens with zero attached hydrogens (tertiary/aromatic N) is 6. The number of carbonyl (C=O) groups is 4. The Labute approximate surface area is 539 Å². The van der Waals surface area contributed by atoms with E-state index in [2.05, 4.69) is 30.3 Å². The summed E-state index contributed by atoms with van der Waals surface area (Å²) in [6.45, 7) is 6.58. The minimum absolute atomic E-state index is 0.103. The summed E-state index contributed by atoms with van der Waals surface area (Å²) < 4.78 is 130. The predicted octanol–water partition coefficient (Wildman–Crippen LogP) is 5.85. The number of hydrogen-bond donors (Lipinski definition) is 6. The highest BCUT2D eigenvalue weighted by Crippen LogP contribution is 2.52. The molecule has 2 unspecified atom stereocenters. The van der Waals surface area contributed by atoms with E-state index in [4.69, 9.17) is 67.5 Å². The van der Waals surface area contributed by atoms with Crippen LogP contribution in [0.2, 0.25) is 0 Å². The van der Waals surface area contributed by atoms with Crippen molar-refractivity contribution in [2.24, 2.45) is 11.8 Å². The Hall–Kier alpha value is -7.32. The van der Waals surface area contributed by atoms with Crippen molar-refractivity contribution in [1.29, 1.82) is 0 Å². The molecule has 512 valence electrons. The van der Waals surface area contributed by atoms with Gasteiger partial charge < -0.3 is 68.6 Å². The zero-order valence-corrected chi connectivity index (χ0v) is 54.2. The number of ether oxygens (including phenoxy) is 8. The molecule has 34 heteroatoms. The van der Waals surface area contributed by atoms with Gasteiger partial charge in [-0.15, -0.1) is 0 Å². The van der Waals surface area contributed by atoms with Crippen LogP contribution in [0.5, 0.6) is 11.5 Å². The summed E-state index contributed by atoms with van der Waals surface area (Å²) in [4.78, 5) is 60.1. The molecule has 10 rings (SSSR count). The smallest absolute Gasteiger partial charge is 0.459 e. The first-order valence-corrected chi connectivity index (χ1v) is 33.5. The van der Waals surface area contributed by atoms with Gasteiger partial charge in [0.1, 0.15) is 103 Å². The topological polar surface area (TPSA) is 390 Å². The van der Waals surface area contributed by atoms with Crippen LogP contribution in [0.1, 0.15) is 90.8 Å². The van der Waals surface area contributed by atoms with E-state index in [-0.39, 0.29) is 40.6 Å². The quantitative estimate of drug-likeness (QED) is 0.0211. The van der Waals surface area contributed by atoms with Gasteiger partial charge in [-0.1, -0.05) is 64.1 Å². The lowest BCUT2D eigenvalue weighted by molar-refractivity contribution is -0.178. The first-order valence-electron chi connectivity index (χ1n) is 30.4. The monoisotopic (exact) mass is 1360 g/mol. The molecule has 0 bridgehead atoms. The van der Waals surface area contributed by atoms with Crippen LogP contribution in [0.4, 0.5) is 20.4 Å². The summed E-state index contributed by atoms with van der Waals surface area (Å²) >= 11 is 0. The van der Waals surface area contributed by atoms with Crippen molar-refractivity contribution in [3.63, 3.8) is 0 Å². The molecule has 4 aromatic heterocycles. The molecule has 8 N–H and O–H groups in total. The third-order valence-electron chi connectivity index (χ3n) is 15.7. The number of esters is 4. The highest BCUT2D eigenvalue weighted by Gasteiger charge is 2.62. The Balaban J connectivity index is 0.000000226. The molecule has 0 radical (unpaired) electrons. The molecule has 30 nitrogen and oxygen atoms in total. The minimum Gasteiger partial charge on any atom is -0.461 e. The van der Waals surface area contributed by atoms with E-state index < -0.39 is 144 Å². The number of nitrogen functional groups attached to an aromatic ring is 2. The minimum atomic E-state index is -4.59. The fraction of sp³-hybridized carbons (Fsp3) is 0.533. The van der Waals surface area contributed by atoms with Crippen molar-refractivity contribution >= 4 is 62.0 Å². The van der Waals surface area contributed by atoms with Gasteiger partial charge in [0.05, 0.1) is 62.9 Å². The number of benzene rings is 2. The van der Waals surface area contributed by atoms with Gasteiger partial charge in [0.25, 0.3) is 0 Å². The number of alkyl halides is 2. The number of fused-ring (bicyclic) bond motifs is 2. The lowest BCUT2D eigenvalue weighted by Crippen LogP contribution is -2.52. The molecule has 4 aliphatic rings. The fourth-order valence-electron chi connectivity index (χ4n) is 10.4. The second kappa shape index (κ2) is 31.0. The predicted molar refractivity (Wildman–Crippen MR) is 328 cm³/mol. The average molecular weight is 1360 g/mol. The molecule has 0 spiro atoms. The largest absolute Gasteiger partial charge is 0.461 e. The molecule has 4 aliphatic heterocycles. The number of nitrogens with one attached hydrogen (secondary N) is 2. The summed E-state index contributed by atoms with van der Waals surface area (Å²) in [5.41, 5.74) is 8.89. The van der Waals surface area contributed by atoms with E-state index in [1.54, 1.807) is 88.4 Å². The molecular formula is C60H78F2N10O20P2. The van der Waals surface area contributed by atoms with Gasteiger partial charge in [-0.25, -0.2) is 36.9 Å². The fourth-order valence-corrected chi connectivity index (χ4v) is 13.5. The summed E-state index contributed by atoms with van der Waals surface area (Å²) in [5, 5.41) is 35.3. The third kappa shape index (κ3) is 16.7. The second-order valence-electron chi connectivity index (χ2n) is 23.4. The van der Waals surface area contributed by atoms with Gasteiger partial charge in [-0.3, -0.25) is 28.2 Å². The maximum atomic E-state index is 15.7. The molecule has 0 saturated carbocycles. The van der Waals surface area contributed by atoms with Crippen molar-refractivity contribution in [2.45, 2.75) is 139 Å². The Morgan fingerprint density at radius 2 is 1.01 bits per heavy atom. The summed E-state index contributed by atoms with van der Waals surface area (Å²) in [5.74, 6) is -3.65. The molecule has 0 aliphatic carbocycles. The molecule has 8 heterocycles. The standard InChI is InChI=1S/C34H45FN5O11P.C26H33FN5O9P/c1-20(2)31(41)48-28-27(25-11-12-26-30(36)37-19-38-40(25)26)50-34(17-35,29(28)49-32(42)21(3)4)18-46-52(44,51-24-9-7-6-8-10-24)39-22(5)33(43)47-23-13-15-45-16-14-23;1-16(25(35)39-17-9-11-37-12-10-17)31-42(36,41-18-5-3-2-4-6-18)38-14-26(13-27)23(34)21(33)22(40-26)19-7-8-20-24(28)29-15-30-32(19)20/h6-12,19-23,27-29H,13-18H2,1-5H3,(H,39,44)(H2,36,37,38);2-8,15-17,21-23,33-34H,9-14H2,1H3,(H,31,36)(H2,28,29,30)/t22-,27-,28-,29-,34+,52?;16-,21-,22-,23-,26+,42?/m00/s1. The van der Waals surface area contributed by atoms with E-state index in [9.17, 15) is 42.9 Å². The van der Waals surface area contributed by atoms with Gasteiger partial charge >= 0.3 is 39.4 Å². The zero-order valence-electron chi connectivity index (χ0n) is 52.4.